The maximum absolute atomic E-state index is 12.6. The first-order valence-corrected chi connectivity index (χ1v) is 8.70. The Kier molecular flexibility index (Phi) is 4.93. The lowest BCUT2D eigenvalue weighted by atomic mass is 10.1. The van der Waals surface area contributed by atoms with Crippen molar-refractivity contribution in [1.29, 1.82) is 0 Å². The van der Waals surface area contributed by atoms with Crippen molar-refractivity contribution >= 4 is 17.4 Å². The summed E-state index contributed by atoms with van der Waals surface area (Å²) in [4.78, 5) is 18.4. The molecule has 2 amide bonds. The number of carbonyl (C=O) groups is 1. The average molecular weight is 331 g/mol. The third-order valence-corrected chi connectivity index (χ3v) is 4.71. The molecule has 6 heteroatoms. The van der Waals surface area contributed by atoms with Crippen molar-refractivity contribution < 1.29 is 9.53 Å². The molecule has 0 saturated carbocycles. The fourth-order valence-corrected chi connectivity index (χ4v) is 3.47. The molecule has 0 aromatic carbocycles. The molecule has 3 unspecified atom stereocenters. The molecule has 0 aliphatic carbocycles. The van der Waals surface area contributed by atoms with E-state index in [0.29, 0.717) is 13.1 Å². The van der Waals surface area contributed by atoms with Crippen LogP contribution in [0.3, 0.4) is 0 Å². The second-order valence-corrected chi connectivity index (χ2v) is 6.63. The predicted molar refractivity (Wildman–Crippen MR) is 90.4 cm³/mol. The highest BCUT2D eigenvalue weighted by Crippen LogP contribution is 2.27. The van der Waals surface area contributed by atoms with E-state index in [9.17, 15) is 4.79 Å². The number of morpholine rings is 1. The smallest absolute Gasteiger partial charge is 0.318 e. The zero-order valence-electron chi connectivity index (χ0n) is 13.3. The topological polar surface area (TPSA) is 54.5 Å². The SMILES string of the molecule is CC1CN(C(=O)NC(C)c2ccncc2)CC(c2ccsc2)O1. The van der Waals surface area contributed by atoms with Gasteiger partial charge in [0.15, 0.2) is 0 Å². The van der Waals surface area contributed by atoms with Crippen molar-refractivity contribution in [3.63, 3.8) is 0 Å². The number of amides is 2. The molecule has 2 aromatic rings. The monoisotopic (exact) mass is 331 g/mol. The van der Waals surface area contributed by atoms with Crippen LogP contribution < -0.4 is 5.32 Å². The molecule has 0 bridgehead atoms. The summed E-state index contributed by atoms with van der Waals surface area (Å²) in [6, 6.07) is 5.79. The first-order valence-electron chi connectivity index (χ1n) is 7.76. The van der Waals surface area contributed by atoms with Gasteiger partial charge in [-0.1, -0.05) is 0 Å². The van der Waals surface area contributed by atoms with E-state index in [1.165, 1.54) is 0 Å². The van der Waals surface area contributed by atoms with Gasteiger partial charge in [-0.05, 0) is 53.9 Å². The number of hydrogen-bond acceptors (Lipinski definition) is 4. The van der Waals surface area contributed by atoms with Gasteiger partial charge in [-0.15, -0.1) is 0 Å². The maximum atomic E-state index is 12.6. The highest BCUT2D eigenvalue weighted by atomic mass is 32.1. The Morgan fingerprint density at radius 1 is 1.39 bits per heavy atom. The summed E-state index contributed by atoms with van der Waals surface area (Å²) in [5.74, 6) is 0. The van der Waals surface area contributed by atoms with E-state index < -0.39 is 0 Å². The van der Waals surface area contributed by atoms with Gasteiger partial charge in [-0.2, -0.15) is 11.3 Å². The van der Waals surface area contributed by atoms with Crippen molar-refractivity contribution in [2.45, 2.75) is 32.1 Å². The van der Waals surface area contributed by atoms with Gasteiger partial charge in [0.1, 0.15) is 6.10 Å². The lowest BCUT2D eigenvalue weighted by Gasteiger charge is -2.37. The number of carbonyl (C=O) groups excluding carboxylic acids is 1. The number of rotatable bonds is 3. The number of nitrogens with one attached hydrogen (secondary N) is 1. The van der Waals surface area contributed by atoms with Gasteiger partial charge in [0, 0.05) is 18.9 Å². The van der Waals surface area contributed by atoms with E-state index in [4.69, 9.17) is 4.74 Å². The quantitative estimate of drug-likeness (QED) is 0.938. The second kappa shape index (κ2) is 7.10. The van der Waals surface area contributed by atoms with Gasteiger partial charge >= 0.3 is 6.03 Å². The third kappa shape index (κ3) is 3.89. The van der Waals surface area contributed by atoms with Gasteiger partial charge in [-0.3, -0.25) is 4.98 Å². The Morgan fingerprint density at radius 3 is 2.87 bits per heavy atom. The standard InChI is InChI=1S/C17H21N3O2S/c1-12-9-20(10-16(22-12)15-5-8-23-11-15)17(21)19-13(2)14-3-6-18-7-4-14/h3-8,11-13,16H,9-10H2,1-2H3,(H,19,21). The van der Waals surface area contributed by atoms with Crippen LogP contribution in [0.5, 0.6) is 0 Å². The van der Waals surface area contributed by atoms with Crippen molar-refractivity contribution in [1.82, 2.24) is 15.2 Å². The summed E-state index contributed by atoms with van der Waals surface area (Å²) in [6.07, 6.45) is 3.45. The molecule has 3 atom stereocenters. The summed E-state index contributed by atoms with van der Waals surface area (Å²) in [6.45, 7) is 5.17. The number of nitrogens with zero attached hydrogens (tertiary/aromatic N) is 2. The zero-order chi connectivity index (χ0) is 16.2. The van der Waals surface area contributed by atoms with Crippen LogP contribution in [0.4, 0.5) is 4.79 Å². The molecule has 1 fully saturated rings. The molecule has 1 N–H and O–H groups in total. The summed E-state index contributed by atoms with van der Waals surface area (Å²) in [7, 11) is 0. The first-order chi connectivity index (χ1) is 11.1. The molecule has 5 nitrogen and oxygen atoms in total. The van der Waals surface area contributed by atoms with Crippen molar-refractivity contribution in [2.75, 3.05) is 13.1 Å². The highest BCUT2D eigenvalue weighted by molar-refractivity contribution is 7.07. The lowest BCUT2D eigenvalue weighted by Crippen LogP contribution is -2.50. The van der Waals surface area contributed by atoms with Crippen LogP contribution in [0, 0.1) is 0 Å². The van der Waals surface area contributed by atoms with Gasteiger partial charge in [-0.25, -0.2) is 4.79 Å². The number of urea groups is 1. The Morgan fingerprint density at radius 2 is 2.17 bits per heavy atom. The Labute approximate surface area is 140 Å². The second-order valence-electron chi connectivity index (χ2n) is 5.85. The van der Waals surface area contributed by atoms with Crippen LogP contribution in [0.25, 0.3) is 0 Å². The van der Waals surface area contributed by atoms with Crippen LogP contribution in [0.1, 0.15) is 37.1 Å². The van der Waals surface area contributed by atoms with Crippen LogP contribution in [0.2, 0.25) is 0 Å². The van der Waals surface area contributed by atoms with E-state index in [1.807, 2.05) is 36.3 Å². The fraction of sp³-hybridized carbons (Fsp3) is 0.412. The van der Waals surface area contributed by atoms with Crippen LogP contribution in [-0.2, 0) is 4.74 Å². The molecule has 1 aliphatic heterocycles. The number of pyridine rings is 1. The Bertz CT molecular complexity index is 633. The zero-order valence-corrected chi connectivity index (χ0v) is 14.1. The number of hydrogen-bond donors (Lipinski definition) is 1. The number of aromatic nitrogens is 1. The minimum Gasteiger partial charge on any atom is -0.367 e. The van der Waals surface area contributed by atoms with E-state index in [1.54, 1.807) is 23.7 Å². The molecule has 1 aliphatic rings. The molecule has 23 heavy (non-hydrogen) atoms. The minimum atomic E-state index is -0.0525. The van der Waals surface area contributed by atoms with Gasteiger partial charge in [0.05, 0.1) is 18.7 Å². The fourth-order valence-electron chi connectivity index (χ4n) is 2.77. The first kappa shape index (κ1) is 16.0. The summed E-state index contributed by atoms with van der Waals surface area (Å²) in [5.41, 5.74) is 2.19. The van der Waals surface area contributed by atoms with E-state index >= 15 is 0 Å². The predicted octanol–water partition coefficient (Wildman–Crippen LogP) is 3.38. The van der Waals surface area contributed by atoms with E-state index in [2.05, 4.69) is 21.7 Å². The normalized spacial score (nSPS) is 22.6. The molecule has 2 aromatic heterocycles. The largest absolute Gasteiger partial charge is 0.367 e. The molecular weight excluding hydrogens is 310 g/mol. The lowest BCUT2D eigenvalue weighted by molar-refractivity contribution is -0.0657. The van der Waals surface area contributed by atoms with Crippen molar-refractivity contribution in [2.24, 2.45) is 0 Å². The van der Waals surface area contributed by atoms with Crippen LogP contribution in [0.15, 0.2) is 41.4 Å². The van der Waals surface area contributed by atoms with Crippen molar-refractivity contribution in [3.05, 3.63) is 52.5 Å². The summed E-state index contributed by atoms with van der Waals surface area (Å²) in [5, 5.41) is 7.18. The molecule has 3 heterocycles. The van der Waals surface area contributed by atoms with E-state index in [0.717, 1.165) is 11.1 Å². The Hall–Kier alpha value is -1.92. The van der Waals surface area contributed by atoms with Crippen molar-refractivity contribution in [3.8, 4) is 0 Å². The molecule has 1 saturated heterocycles. The molecule has 3 rings (SSSR count). The van der Waals surface area contributed by atoms with E-state index in [-0.39, 0.29) is 24.3 Å². The Balaban J connectivity index is 1.64. The molecule has 0 radical (unpaired) electrons. The van der Waals surface area contributed by atoms with Gasteiger partial charge in [0.2, 0.25) is 0 Å². The molecule has 122 valence electrons. The minimum absolute atomic E-state index is 0.0237. The van der Waals surface area contributed by atoms with Crippen LogP contribution in [-0.4, -0.2) is 35.1 Å². The van der Waals surface area contributed by atoms with Gasteiger partial charge in [0.25, 0.3) is 0 Å². The number of thiophene rings is 1. The third-order valence-electron chi connectivity index (χ3n) is 4.01. The summed E-state index contributed by atoms with van der Waals surface area (Å²) < 4.78 is 5.98. The summed E-state index contributed by atoms with van der Waals surface area (Å²) >= 11 is 1.65. The maximum Gasteiger partial charge on any atom is 0.318 e. The average Bonchev–Trinajstić information content (AvgIpc) is 3.09. The van der Waals surface area contributed by atoms with Crippen LogP contribution >= 0.6 is 11.3 Å². The number of ether oxygens (including phenoxy) is 1. The highest BCUT2D eigenvalue weighted by Gasteiger charge is 2.30. The van der Waals surface area contributed by atoms with Gasteiger partial charge < -0.3 is 15.0 Å². The molecule has 0 spiro atoms. The molecular formula is C17H21N3O2S.